The molecule has 4 rings (SSSR count). The van der Waals surface area contributed by atoms with E-state index in [-0.39, 0.29) is 0 Å². The van der Waals surface area contributed by atoms with Crippen molar-refractivity contribution in [1.82, 2.24) is 0 Å². The molecule has 2 aliphatic rings. The molecule has 0 amide bonds. The zero-order valence-corrected chi connectivity index (χ0v) is 16.1. The van der Waals surface area contributed by atoms with Crippen LogP contribution in [0.25, 0.3) is 10.8 Å². The average Bonchev–Trinajstić information content (AvgIpc) is 2.66. The minimum absolute atomic E-state index is 0.563. The van der Waals surface area contributed by atoms with Gasteiger partial charge in [0.05, 0.1) is 5.56 Å². The van der Waals surface area contributed by atoms with Crippen molar-refractivity contribution in [1.29, 1.82) is 0 Å². The zero-order chi connectivity index (χ0) is 19.0. The van der Waals surface area contributed by atoms with Gasteiger partial charge >= 0.3 is 6.18 Å². The summed E-state index contributed by atoms with van der Waals surface area (Å²) >= 11 is 0. The van der Waals surface area contributed by atoms with Crippen LogP contribution in [0, 0.1) is 17.8 Å². The van der Waals surface area contributed by atoms with Crippen molar-refractivity contribution in [2.24, 2.45) is 17.8 Å². The van der Waals surface area contributed by atoms with Gasteiger partial charge in [0.15, 0.2) is 0 Å². The molecule has 2 fully saturated rings. The molecule has 0 aliphatic heterocycles. The molecule has 4 unspecified atom stereocenters. The highest BCUT2D eigenvalue weighted by Gasteiger charge is 2.36. The van der Waals surface area contributed by atoms with Crippen LogP contribution in [0.1, 0.15) is 75.3 Å². The zero-order valence-electron chi connectivity index (χ0n) is 16.1. The number of alkyl halides is 3. The van der Waals surface area contributed by atoms with E-state index in [2.05, 4.69) is 19.1 Å². The summed E-state index contributed by atoms with van der Waals surface area (Å²) in [5.41, 5.74) is 0.753. The van der Waals surface area contributed by atoms with Gasteiger partial charge in [0.1, 0.15) is 0 Å². The Labute approximate surface area is 160 Å². The molecule has 146 valence electrons. The summed E-state index contributed by atoms with van der Waals surface area (Å²) in [6.07, 6.45) is 6.40. The van der Waals surface area contributed by atoms with Crippen LogP contribution in [0.5, 0.6) is 0 Å². The molecule has 4 atom stereocenters. The molecule has 0 saturated heterocycles. The van der Waals surface area contributed by atoms with Gasteiger partial charge in [0, 0.05) is 0 Å². The van der Waals surface area contributed by atoms with E-state index in [0.29, 0.717) is 11.3 Å². The molecule has 3 heteroatoms. The van der Waals surface area contributed by atoms with Crippen molar-refractivity contribution in [3.05, 3.63) is 47.5 Å². The summed E-state index contributed by atoms with van der Waals surface area (Å²) < 4.78 is 38.8. The predicted molar refractivity (Wildman–Crippen MR) is 105 cm³/mol. The van der Waals surface area contributed by atoms with E-state index in [4.69, 9.17) is 0 Å². The maximum atomic E-state index is 12.9. The fourth-order valence-electron chi connectivity index (χ4n) is 5.65. The van der Waals surface area contributed by atoms with E-state index in [1.165, 1.54) is 69.1 Å². The Bertz CT molecular complexity index is 792. The fourth-order valence-corrected chi connectivity index (χ4v) is 5.65. The van der Waals surface area contributed by atoms with Crippen molar-refractivity contribution < 1.29 is 13.2 Å². The quantitative estimate of drug-likeness (QED) is 0.511. The molecule has 0 aromatic heterocycles. The van der Waals surface area contributed by atoms with Crippen molar-refractivity contribution in [2.75, 3.05) is 0 Å². The fraction of sp³-hybridized carbons (Fsp3) is 0.583. The Morgan fingerprint density at radius 1 is 0.852 bits per heavy atom. The predicted octanol–water partition coefficient (Wildman–Crippen LogP) is 7.96. The monoisotopic (exact) mass is 374 g/mol. The molecule has 2 aliphatic carbocycles. The second-order valence-electron chi connectivity index (χ2n) is 8.82. The molecule has 2 aromatic carbocycles. The van der Waals surface area contributed by atoms with Crippen LogP contribution in [-0.4, -0.2) is 0 Å². The van der Waals surface area contributed by atoms with Gasteiger partial charge in [-0.3, -0.25) is 0 Å². The van der Waals surface area contributed by atoms with E-state index in [9.17, 15) is 13.2 Å². The van der Waals surface area contributed by atoms with Crippen LogP contribution in [0.3, 0.4) is 0 Å². The molecule has 0 radical (unpaired) electrons. The third-order valence-corrected chi connectivity index (χ3v) is 7.08. The van der Waals surface area contributed by atoms with Crippen LogP contribution in [0.4, 0.5) is 13.2 Å². The molecule has 0 heterocycles. The Morgan fingerprint density at radius 2 is 1.56 bits per heavy atom. The van der Waals surface area contributed by atoms with Crippen LogP contribution >= 0.6 is 0 Å². The molecular formula is C24H29F3. The van der Waals surface area contributed by atoms with Crippen LogP contribution in [-0.2, 0) is 6.18 Å². The van der Waals surface area contributed by atoms with Gasteiger partial charge in [0.2, 0.25) is 0 Å². The van der Waals surface area contributed by atoms with Gasteiger partial charge in [-0.05, 0) is 84.2 Å². The number of hydrogen-bond acceptors (Lipinski definition) is 0. The van der Waals surface area contributed by atoms with Gasteiger partial charge in [-0.2, -0.15) is 13.2 Å². The molecule has 2 aromatic rings. The van der Waals surface area contributed by atoms with E-state index < -0.39 is 11.7 Å². The first kappa shape index (κ1) is 18.8. The Balaban J connectivity index is 1.49. The molecule has 0 nitrogen and oxygen atoms in total. The first-order valence-electron chi connectivity index (χ1n) is 10.5. The third kappa shape index (κ3) is 4.02. The second kappa shape index (κ2) is 7.48. The van der Waals surface area contributed by atoms with Crippen molar-refractivity contribution in [3.8, 4) is 0 Å². The summed E-state index contributed by atoms with van der Waals surface area (Å²) in [6.45, 7) is 2.29. The molecular weight excluding hydrogens is 345 g/mol. The first-order valence-corrected chi connectivity index (χ1v) is 10.5. The third-order valence-electron chi connectivity index (χ3n) is 7.08. The van der Waals surface area contributed by atoms with Crippen molar-refractivity contribution in [3.63, 3.8) is 0 Å². The van der Waals surface area contributed by atoms with Gasteiger partial charge in [-0.25, -0.2) is 0 Å². The lowest BCUT2D eigenvalue weighted by atomic mass is 9.63. The summed E-state index contributed by atoms with van der Waals surface area (Å²) in [7, 11) is 0. The van der Waals surface area contributed by atoms with Crippen molar-refractivity contribution >= 4 is 10.8 Å². The number of fused-ring (bicyclic) bond motifs is 2. The summed E-state index contributed by atoms with van der Waals surface area (Å²) in [5, 5.41) is 1.61. The molecule has 0 bridgehead atoms. The lowest BCUT2D eigenvalue weighted by Crippen LogP contribution is -2.30. The Hall–Kier alpha value is -1.51. The smallest absolute Gasteiger partial charge is 0.166 e. The summed E-state index contributed by atoms with van der Waals surface area (Å²) in [4.78, 5) is 0. The van der Waals surface area contributed by atoms with E-state index in [0.717, 1.165) is 23.1 Å². The largest absolute Gasteiger partial charge is 0.416 e. The highest BCUT2D eigenvalue weighted by molar-refractivity contribution is 5.84. The van der Waals surface area contributed by atoms with Crippen LogP contribution in [0.15, 0.2) is 36.4 Å². The second-order valence-corrected chi connectivity index (χ2v) is 8.82. The topological polar surface area (TPSA) is 0 Å². The van der Waals surface area contributed by atoms with Gasteiger partial charge in [0.25, 0.3) is 0 Å². The molecule has 0 spiro atoms. The van der Waals surface area contributed by atoms with E-state index >= 15 is 0 Å². The Morgan fingerprint density at radius 3 is 2.33 bits per heavy atom. The van der Waals surface area contributed by atoms with Gasteiger partial charge < -0.3 is 0 Å². The maximum Gasteiger partial charge on any atom is 0.416 e. The highest BCUT2D eigenvalue weighted by atomic mass is 19.4. The number of rotatable bonds is 3. The minimum Gasteiger partial charge on any atom is -0.166 e. The Kier molecular flexibility index (Phi) is 5.22. The summed E-state index contributed by atoms with van der Waals surface area (Å²) in [6, 6.07) is 10.2. The highest BCUT2D eigenvalue weighted by Crippen LogP contribution is 2.48. The minimum atomic E-state index is -4.28. The number of benzene rings is 2. The average molecular weight is 374 g/mol. The van der Waals surface area contributed by atoms with Crippen LogP contribution in [0.2, 0.25) is 0 Å². The molecule has 2 saturated carbocycles. The maximum absolute atomic E-state index is 12.9. The number of hydrogen-bond donors (Lipinski definition) is 0. The normalized spacial score (nSPS) is 28.9. The molecule has 0 N–H and O–H groups in total. The number of halogens is 3. The summed E-state index contributed by atoms with van der Waals surface area (Å²) in [5.74, 6) is 3.26. The first-order chi connectivity index (χ1) is 12.9. The van der Waals surface area contributed by atoms with E-state index in [1.54, 1.807) is 6.07 Å². The van der Waals surface area contributed by atoms with E-state index in [1.807, 2.05) is 6.07 Å². The standard InChI is InChI=1S/C24H29F3/c1-2-3-16-4-5-18-13-19(7-6-17(18)12-16)20-8-9-22-15-23(24(25,26)27)11-10-21(22)14-20/h8-11,14-19H,2-7,12-13H2,1H3. The lowest BCUT2D eigenvalue weighted by molar-refractivity contribution is -0.137. The molecule has 27 heavy (non-hydrogen) atoms. The lowest BCUT2D eigenvalue weighted by Gasteiger charge is -2.42. The van der Waals surface area contributed by atoms with Gasteiger partial charge in [-0.1, -0.05) is 50.5 Å². The van der Waals surface area contributed by atoms with Gasteiger partial charge in [-0.15, -0.1) is 0 Å². The SMILES string of the molecule is CCCC1CCC2CC(c3ccc4cc(C(F)(F)F)ccc4c3)CCC2C1. The van der Waals surface area contributed by atoms with Crippen molar-refractivity contribution in [2.45, 2.75) is 70.4 Å². The van der Waals surface area contributed by atoms with Crippen LogP contribution < -0.4 is 0 Å².